The lowest BCUT2D eigenvalue weighted by Crippen LogP contribution is -2.02. The molecule has 0 amide bonds. The fourth-order valence-corrected chi connectivity index (χ4v) is 2.66. The molecule has 2 nitrogen and oxygen atoms in total. The van der Waals surface area contributed by atoms with E-state index in [0.717, 1.165) is 24.8 Å². The van der Waals surface area contributed by atoms with Crippen molar-refractivity contribution in [2.75, 3.05) is 6.26 Å². The van der Waals surface area contributed by atoms with Crippen molar-refractivity contribution in [1.82, 2.24) is 0 Å². The summed E-state index contributed by atoms with van der Waals surface area (Å²) in [5.41, 5.74) is 0.834. The highest BCUT2D eigenvalue weighted by Crippen LogP contribution is 2.17. The van der Waals surface area contributed by atoms with Crippen LogP contribution < -0.4 is 0 Å². The van der Waals surface area contributed by atoms with E-state index in [-0.39, 0.29) is 0 Å². The van der Waals surface area contributed by atoms with Crippen molar-refractivity contribution in [2.45, 2.75) is 43.9 Å². The second kappa shape index (κ2) is 6.04. The maximum atomic E-state index is 11.5. The van der Waals surface area contributed by atoms with Gasteiger partial charge in [-0.15, -0.1) is 0 Å². The van der Waals surface area contributed by atoms with E-state index in [0.29, 0.717) is 4.90 Å². The maximum Gasteiger partial charge on any atom is 0.175 e. The topological polar surface area (TPSA) is 34.1 Å². The van der Waals surface area contributed by atoms with E-state index < -0.39 is 9.84 Å². The number of hydrogen-bond acceptors (Lipinski definition) is 2. The SMILES string of the molecule is CCCCCCc1[c]cccc1S(C)(=O)=O. The van der Waals surface area contributed by atoms with Crippen LogP contribution in [0.2, 0.25) is 0 Å². The third-order valence-electron chi connectivity index (χ3n) is 2.58. The van der Waals surface area contributed by atoms with Gasteiger partial charge in [-0.05, 0) is 30.5 Å². The summed E-state index contributed by atoms with van der Waals surface area (Å²) in [6.45, 7) is 2.16. The van der Waals surface area contributed by atoms with Gasteiger partial charge in [-0.2, -0.15) is 0 Å². The molecule has 0 heterocycles. The van der Waals surface area contributed by atoms with Crippen LogP contribution >= 0.6 is 0 Å². The molecule has 0 aliphatic carbocycles. The van der Waals surface area contributed by atoms with E-state index in [4.69, 9.17) is 0 Å². The Bertz CT molecular complexity index is 421. The lowest BCUT2D eigenvalue weighted by molar-refractivity contribution is 0.599. The van der Waals surface area contributed by atoms with Crippen LogP contribution in [0.1, 0.15) is 38.2 Å². The van der Waals surface area contributed by atoms with Crippen LogP contribution in [-0.4, -0.2) is 14.7 Å². The minimum Gasteiger partial charge on any atom is -0.224 e. The van der Waals surface area contributed by atoms with Crippen molar-refractivity contribution >= 4 is 9.84 Å². The minimum absolute atomic E-state index is 0.437. The molecule has 89 valence electrons. The summed E-state index contributed by atoms with van der Waals surface area (Å²) in [6.07, 6.45) is 6.66. The molecule has 0 fully saturated rings. The van der Waals surface area contributed by atoms with Crippen molar-refractivity contribution in [2.24, 2.45) is 0 Å². The molecule has 1 radical (unpaired) electrons. The lowest BCUT2D eigenvalue weighted by Gasteiger charge is -2.06. The van der Waals surface area contributed by atoms with Gasteiger partial charge in [0.1, 0.15) is 0 Å². The Morgan fingerprint density at radius 3 is 2.62 bits per heavy atom. The van der Waals surface area contributed by atoms with Gasteiger partial charge in [-0.25, -0.2) is 8.42 Å². The summed E-state index contributed by atoms with van der Waals surface area (Å²) in [4.78, 5) is 0.437. The highest BCUT2D eigenvalue weighted by Gasteiger charge is 2.11. The predicted molar refractivity (Wildman–Crippen MR) is 66.2 cm³/mol. The third kappa shape index (κ3) is 3.97. The van der Waals surface area contributed by atoms with Gasteiger partial charge in [0, 0.05) is 6.26 Å². The Morgan fingerprint density at radius 2 is 2.00 bits per heavy atom. The third-order valence-corrected chi connectivity index (χ3v) is 3.76. The molecule has 0 atom stereocenters. The second-order valence-corrected chi connectivity index (χ2v) is 6.08. The zero-order valence-corrected chi connectivity index (χ0v) is 10.8. The highest BCUT2D eigenvalue weighted by atomic mass is 32.2. The fourth-order valence-electron chi connectivity index (χ4n) is 1.73. The highest BCUT2D eigenvalue weighted by molar-refractivity contribution is 7.90. The molecule has 0 saturated heterocycles. The molecular weight excluding hydrogens is 220 g/mol. The average Bonchev–Trinajstić information content (AvgIpc) is 2.24. The van der Waals surface area contributed by atoms with Crippen molar-refractivity contribution in [3.8, 4) is 0 Å². The molecule has 0 unspecified atom stereocenters. The molecule has 0 aliphatic rings. The van der Waals surface area contributed by atoms with Gasteiger partial charge in [0.25, 0.3) is 0 Å². The standard InChI is InChI=1S/C13H19O2S/c1-3-4-5-6-9-12-10-7-8-11-13(12)16(2,14)15/h7-8,11H,3-6,9H2,1-2H3. The Morgan fingerprint density at radius 1 is 1.25 bits per heavy atom. The summed E-state index contributed by atoms with van der Waals surface area (Å²) in [5.74, 6) is 0. The molecule has 0 saturated carbocycles. The molecule has 1 rings (SSSR count). The quantitative estimate of drug-likeness (QED) is 0.715. The van der Waals surface area contributed by atoms with Gasteiger partial charge in [-0.1, -0.05) is 38.3 Å². The lowest BCUT2D eigenvalue weighted by atomic mass is 10.1. The van der Waals surface area contributed by atoms with Crippen LogP contribution in [0.5, 0.6) is 0 Å². The molecule has 1 aromatic rings. The monoisotopic (exact) mass is 239 g/mol. The second-order valence-electron chi connectivity index (χ2n) is 4.10. The zero-order chi connectivity index (χ0) is 12.0. The van der Waals surface area contributed by atoms with E-state index in [1.165, 1.54) is 19.1 Å². The van der Waals surface area contributed by atoms with Gasteiger partial charge in [0.05, 0.1) is 4.90 Å². The first kappa shape index (κ1) is 13.2. The largest absolute Gasteiger partial charge is 0.224 e. The van der Waals surface area contributed by atoms with E-state index in [2.05, 4.69) is 13.0 Å². The summed E-state index contributed by atoms with van der Waals surface area (Å²) in [5, 5.41) is 0. The van der Waals surface area contributed by atoms with Gasteiger partial charge < -0.3 is 0 Å². The van der Waals surface area contributed by atoms with Crippen molar-refractivity contribution in [3.05, 3.63) is 29.8 Å². The fraction of sp³-hybridized carbons (Fsp3) is 0.538. The van der Waals surface area contributed by atoms with Crippen molar-refractivity contribution < 1.29 is 8.42 Å². The minimum atomic E-state index is -3.11. The van der Waals surface area contributed by atoms with E-state index in [1.807, 2.05) is 0 Å². The van der Waals surface area contributed by atoms with Crippen molar-refractivity contribution in [3.63, 3.8) is 0 Å². The summed E-state index contributed by atoms with van der Waals surface area (Å²) < 4.78 is 23.0. The van der Waals surface area contributed by atoms with Crippen LogP contribution in [0, 0.1) is 6.07 Å². The maximum absolute atomic E-state index is 11.5. The Kier molecular flexibility index (Phi) is 5.00. The smallest absolute Gasteiger partial charge is 0.175 e. The van der Waals surface area contributed by atoms with Gasteiger partial charge in [0.15, 0.2) is 9.84 Å². The normalized spacial score (nSPS) is 11.6. The number of hydrogen-bond donors (Lipinski definition) is 0. The molecule has 0 aromatic heterocycles. The number of sulfone groups is 1. The number of unbranched alkanes of at least 4 members (excludes halogenated alkanes) is 3. The zero-order valence-electron chi connectivity index (χ0n) is 9.99. The molecule has 0 N–H and O–H groups in total. The first-order valence-corrected chi connectivity index (χ1v) is 7.64. The molecule has 16 heavy (non-hydrogen) atoms. The molecular formula is C13H19O2S. The number of benzene rings is 1. The van der Waals surface area contributed by atoms with Crippen LogP contribution in [0.4, 0.5) is 0 Å². The molecule has 0 aliphatic heterocycles. The van der Waals surface area contributed by atoms with Gasteiger partial charge >= 0.3 is 0 Å². The van der Waals surface area contributed by atoms with Crippen LogP contribution in [0.25, 0.3) is 0 Å². The molecule has 0 spiro atoms. The predicted octanol–water partition coefficient (Wildman–Crippen LogP) is 3.01. The van der Waals surface area contributed by atoms with Crippen LogP contribution in [0.3, 0.4) is 0 Å². The number of aryl methyl sites for hydroxylation is 1. The summed E-state index contributed by atoms with van der Waals surface area (Å²) >= 11 is 0. The van der Waals surface area contributed by atoms with Crippen LogP contribution in [0.15, 0.2) is 23.1 Å². The molecule has 1 aromatic carbocycles. The van der Waals surface area contributed by atoms with Crippen LogP contribution in [-0.2, 0) is 16.3 Å². The molecule has 0 bridgehead atoms. The van der Waals surface area contributed by atoms with Crippen molar-refractivity contribution in [1.29, 1.82) is 0 Å². The Balaban J connectivity index is 2.73. The van der Waals surface area contributed by atoms with E-state index in [9.17, 15) is 8.42 Å². The Hall–Kier alpha value is -0.830. The van der Waals surface area contributed by atoms with E-state index in [1.54, 1.807) is 18.2 Å². The first-order valence-electron chi connectivity index (χ1n) is 5.75. The van der Waals surface area contributed by atoms with Gasteiger partial charge in [-0.3, -0.25) is 0 Å². The first-order chi connectivity index (χ1) is 7.55. The molecule has 3 heteroatoms. The summed E-state index contributed by atoms with van der Waals surface area (Å²) in [6, 6.07) is 8.22. The Labute approximate surface area is 98.6 Å². The van der Waals surface area contributed by atoms with Gasteiger partial charge in [0.2, 0.25) is 0 Å². The number of rotatable bonds is 6. The summed E-state index contributed by atoms with van der Waals surface area (Å²) in [7, 11) is -3.11. The van der Waals surface area contributed by atoms with E-state index >= 15 is 0 Å². The average molecular weight is 239 g/mol.